The summed E-state index contributed by atoms with van der Waals surface area (Å²) in [6, 6.07) is 47.0. The van der Waals surface area contributed by atoms with Gasteiger partial charge >= 0.3 is 0 Å². The molecular weight excluding hydrogens is 476 g/mol. The molecule has 0 atom stereocenters. The van der Waals surface area contributed by atoms with Gasteiger partial charge < -0.3 is 0 Å². The van der Waals surface area contributed by atoms with Gasteiger partial charge in [0.2, 0.25) is 0 Å². The summed E-state index contributed by atoms with van der Waals surface area (Å²) in [5.41, 5.74) is 6.48. The Labute approximate surface area is 225 Å². The highest BCUT2D eigenvalue weighted by Gasteiger charge is 2.14. The molecule has 0 aliphatic heterocycles. The van der Waals surface area contributed by atoms with E-state index in [9.17, 15) is 0 Å². The highest BCUT2D eigenvalue weighted by molar-refractivity contribution is 7.26. The first-order valence-corrected chi connectivity index (χ1v) is 13.9. The standard InChI is InChI=1S/C37H24S/c1-23-27-10-4-2-8-24(27)14-17-28(23)33-20-19-29(31-12-6-7-13-32(31)33)26-15-18-34-36(22-26)38-35-21-16-25-9-3-5-11-30(25)37(34)35/h2-22H,1H3. The van der Waals surface area contributed by atoms with Gasteiger partial charge in [-0.05, 0) is 79.2 Å². The Morgan fingerprint density at radius 1 is 0.421 bits per heavy atom. The van der Waals surface area contributed by atoms with Crippen molar-refractivity contribution in [3.63, 3.8) is 0 Å². The number of hydrogen-bond donors (Lipinski definition) is 0. The van der Waals surface area contributed by atoms with Gasteiger partial charge in [0.25, 0.3) is 0 Å². The van der Waals surface area contributed by atoms with Crippen LogP contribution in [0.4, 0.5) is 0 Å². The van der Waals surface area contributed by atoms with Crippen molar-refractivity contribution < 1.29 is 0 Å². The Hall–Kier alpha value is -4.46. The lowest BCUT2D eigenvalue weighted by Gasteiger charge is -2.15. The smallest absolute Gasteiger partial charge is 0.0361 e. The van der Waals surface area contributed by atoms with E-state index >= 15 is 0 Å². The van der Waals surface area contributed by atoms with Gasteiger partial charge in [-0.15, -0.1) is 11.3 Å². The van der Waals surface area contributed by atoms with Crippen LogP contribution in [-0.4, -0.2) is 0 Å². The molecule has 1 aromatic heterocycles. The Bertz CT molecular complexity index is 2200. The molecule has 0 unspecified atom stereocenters. The van der Waals surface area contributed by atoms with Crippen LogP contribution in [0, 0.1) is 6.92 Å². The lowest BCUT2D eigenvalue weighted by Crippen LogP contribution is -1.89. The van der Waals surface area contributed by atoms with Crippen LogP contribution in [0.25, 0.3) is 74.7 Å². The molecule has 0 fully saturated rings. The maximum atomic E-state index is 2.39. The minimum absolute atomic E-state index is 1.27. The first-order valence-electron chi connectivity index (χ1n) is 13.1. The highest BCUT2D eigenvalue weighted by Crippen LogP contribution is 2.42. The van der Waals surface area contributed by atoms with E-state index in [-0.39, 0.29) is 0 Å². The molecule has 0 saturated carbocycles. The van der Waals surface area contributed by atoms with E-state index in [1.807, 2.05) is 11.3 Å². The van der Waals surface area contributed by atoms with Crippen LogP contribution >= 0.6 is 11.3 Å². The topological polar surface area (TPSA) is 0 Å². The number of aryl methyl sites for hydroxylation is 1. The van der Waals surface area contributed by atoms with Gasteiger partial charge in [-0.3, -0.25) is 0 Å². The Morgan fingerprint density at radius 2 is 1.03 bits per heavy atom. The summed E-state index contributed by atoms with van der Waals surface area (Å²) in [6.07, 6.45) is 0. The number of rotatable bonds is 2. The van der Waals surface area contributed by atoms with Crippen LogP contribution in [0.2, 0.25) is 0 Å². The molecule has 0 N–H and O–H groups in total. The quantitative estimate of drug-likeness (QED) is 0.221. The van der Waals surface area contributed by atoms with E-state index in [4.69, 9.17) is 0 Å². The second-order valence-electron chi connectivity index (χ2n) is 10.1. The van der Waals surface area contributed by atoms with Crippen molar-refractivity contribution in [3.05, 3.63) is 133 Å². The first kappa shape index (κ1) is 21.6. The summed E-state index contributed by atoms with van der Waals surface area (Å²) in [5, 5.41) is 10.6. The molecule has 0 spiro atoms. The summed E-state index contributed by atoms with van der Waals surface area (Å²) in [6.45, 7) is 2.25. The van der Waals surface area contributed by atoms with Gasteiger partial charge in [-0.2, -0.15) is 0 Å². The molecule has 0 radical (unpaired) electrons. The SMILES string of the molecule is Cc1c(-c2ccc(-c3ccc4c(c3)sc3ccc5ccccc5c34)c3ccccc23)ccc2ccccc12. The van der Waals surface area contributed by atoms with Crippen molar-refractivity contribution >= 4 is 63.8 Å². The van der Waals surface area contributed by atoms with E-state index < -0.39 is 0 Å². The first-order chi connectivity index (χ1) is 18.8. The zero-order chi connectivity index (χ0) is 25.2. The molecule has 0 bridgehead atoms. The summed E-state index contributed by atoms with van der Waals surface area (Å²) < 4.78 is 2.69. The van der Waals surface area contributed by atoms with Gasteiger partial charge in [0.1, 0.15) is 0 Å². The predicted octanol–water partition coefficient (Wildman–Crippen LogP) is 11.2. The minimum Gasteiger partial charge on any atom is -0.135 e. The maximum Gasteiger partial charge on any atom is 0.0361 e. The molecular formula is C37H24S. The van der Waals surface area contributed by atoms with Gasteiger partial charge in [0, 0.05) is 20.2 Å². The molecule has 0 aliphatic rings. The second-order valence-corrected chi connectivity index (χ2v) is 11.2. The lowest BCUT2D eigenvalue weighted by atomic mass is 9.89. The van der Waals surface area contributed by atoms with Crippen molar-refractivity contribution in [2.24, 2.45) is 0 Å². The summed E-state index contributed by atoms with van der Waals surface area (Å²) in [5.74, 6) is 0. The van der Waals surface area contributed by atoms with E-state index in [2.05, 4.69) is 134 Å². The Morgan fingerprint density at radius 3 is 1.84 bits per heavy atom. The average molecular weight is 501 g/mol. The molecule has 38 heavy (non-hydrogen) atoms. The fourth-order valence-electron chi connectivity index (χ4n) is 6.22. The van der Waals surface area contributed by atoms with Gasteiger partial charge in [0.15, 0.2) is 0 Å². The average Bonchev–Trinajstić information content (AvgIpc) is 3.36. The summed E-state index contributed by atoms with van der Waals surface area (Å²) >= 11 is 1.89. The zero-order valence-electron chi connectivity index (χ0n) is 21.0. The molecule has 0 nitrogen and oxygen atoms in total. The van der Waals surface area contributed by atoms with Crippen LogP contribution in [0.15, 0.2) is 127 Å². The van der Waals surface area contributed by atoms with Crippen molar-refractivity contribution in [2.75, 3.05) is 0 Å². The number of fused-ring (bicyclic) bond motifs is 7. The molecule has 0 amide bonds. The maximum absolute atomic E-state index is 2.39. The number of thiophene rings is 1. The largest absolute Gasteiger partial charge is 0.135 e. The minimum atomic E-state index is 1.27. The van der Waals surface area contributed by atoms with E-state index in [1.165, 1.54) is 80.3 Å². The fraction of sp³-hybridized carbons (Fsp3) is 0.0270. The van der Waals surface area contributed by atoms with E-state index in [0.29, 0.717) is 0 Å². The third-order valence-corrected chi connectivity index (χ3v) is 9.20. The Kier molecular flexibility index (Phi) is 4.71. The lowest BCUT2D eigenvalue weighted by molar-refractivity contribution is 1.52. The molecule has 8 rings (SSSR count). The van der Waals surface area contributed by atoms with Gasteiger partial charge in [-0.1, -0.05) is 115 Å². The molecule has 1 heteroatoms. The predicted molar refractivity (Wildman–Crippen MR) is 167 cm³/mol. The van der Waals surface area contributed by atoms with Gasteiger partial charge in [0.05, 0.1) is 0 Å². The van der Waals surface area contributed by atoms with Gasteiger partial charge in [-0.25, -0.2) is 0 Å². The van der Waals surface area contributed by atoms with Crippen molar-refractivity contribution in [1.29, 1.82) is 0 Å². The van der Waals surface area contributed by atoms with Crippen molar-refractivity contribution in [3.8, 4) is 22.3 Å². The molecule has 0 saturated heterocycles. The van der Waals surface area contributed by atoms with E-state index in [1.54, 1.807) is 0 Å². The third-order valence-electron chi connectivity index (χ3n) is 8.09. The molecule has 1 heterocycles. The van der Waals surface area contributed by atoms with Crippen molar-refractivity contribution in [2.45, 2.75) is 6.92 Å². The molecule has 8 aromatic rings. The van der Waals surface area contributed by atoms with E-state index in [0.717, 1.165) is 0 Å². The Balaban J connectivity index is 1.34. The number of hydrogen-bond acceptors (Lipinski definition) is 1. The van der Waals surface area contributed by atoms with Crippen LogP contribution in [0.1, 0.15) is 5.56 Å². The third kappa shape index (κ3) is 3.16. The van der Waals surface area contributed by atoms with Crippen molar-refractivity contribution in [1.82, 2.24) is 0 Å². The second kappa shape index (κ2) is 8.28. The van der Waals surface area contributed by atoms with Crippen LogP contribution in [-0.2, 0) is 0 Å². The molecule has 0 aliphatic carbocycles. The normalized spacial score (nSPS) is 11.8. The summed E-state index contributed by atoms with van der Waals surface area (Å²) in [4.78, 5) is 0. The molecule has 7 aromatic carbocycles. The number of benzene rings is 7. The van der Waals surface area contributed by atoms with Crippen LogP contribution in [0.5, 0.6) is 0 Å². The monoisotopic (exact) mass is 500 g/mol. The molecule has 178 valence electrons. The zero-order valence-corrected chi connectivity index (χ0v) is 21.8. The fourth-order valence-corrected chi connectivity index (χ4v) is 7.38. The highest BCUT2D eigenvalue weighted by atomic mass is 32.1. The summed E-state index contributed by atoms with van der Waals surface area (Å²) in [7, 11) is 0. The van der Waals surface area contributed by atoms with Crippen LogP contribution < -0.4 is 0 Å². The van der Waals surface area contributed by atoms with Crippen LogP contribution in [0.3, 0.4) is 0 Å².